The highest BCUT2D eigenvalue weighted by Gasteiger charge is 2.16. The SMILES string of the molecule is Cc1ccc(NCC2CCCC2)nc1.NCC(=O)N1CCSC1. The summed E-state index contributed by atoms with van der Waals surface area (Å²) < 4.78 is 0. The van der Waals surface area contributed by atoms with Gasteiger partial charge in [0.2, 0.25) is 5.91 Å². The van der Waals surface area contributed by atoms with Crippen LogP contribution < -0.4 is 11.1 Å². The topological polar surface area (TPSA) is 71.2 Å². The predicted molar refractivity (Wildman–Crippen MR) is 97.5 cm³/mol. The number of thioether (sulfide) groups is 1. The second-order valence-electron chi connectivity index (χ2n) is 6.15. The molecule has 2 aliphatic rings. The minimum absolute atomic E-state index is 0.0694. The molecule has 1 aliphatic carbocycles. The Bertz CT molecular complexity index is 468. The Hall–Kier alpha value is -1.27. The van der Waals surface area contributed by atoms with Gasteiger partial charge in [0.1, 0.15) is 5.82 Å². The number of anilines is 1. The summed E-state index contributed by atoms with van der Waals surface area (Å²) in [5.74, 6) is 3.85. The summed E-state index contributed by atoms with van der Waals surface area (Å²) in [6.07, 6.45) is 7.51. The van der Waals surface area contributed by atoms with Crippen molar-refractivity contribution in [1.29, 1.82) is 0 Å². The maximum atomic E-state index is 10.8. The summed E-state index contributed by atoms with van der Waals surface area (Å²) in [4.78, 5) is 16.9. The number of aryl methyl sites for hydroxylation is 1. The van der Waals surface area contributed by atoms with E-state index in [1.807, 2.05) is 6.20 Å². The number of nitrogens with zero attached hydrogens (tertiary/aromatic N) is 2. The van der Waals surface area contributed by atoms with E-state index in [-0.39, 0.29) is 12.5 Å². The van der Waals surface area contributed by atoms with Crippen LogP contribution in [-0.4, -0.2) is 47.1 Å². The van der Waals surface area contributed by atoms with Crippen LogP contribution in [0.15, 0.2) is 18.3 Å². The molecule has 0 radical (unpaired) electrons. The van der Waals surface area contributed by atoms with E-state index < -0.39 is 0 Å². The quantitative estimate of drug-likeness (QED) is 0.884. The molecular weight excluding hydrogens is 308 g/mol. The van der Waals surface area contributed by atoms with Crippen molar-refractivity contribution in [2.24, 2.45) is 11.7 Å². The monoisotopic (exact) mass is 336 g/mol. The molecule has 0 spiro atoms. The number of hydrogen-bond donors (Lipinski definition) is 2. The smallest absolute Gasteiger partial charge is 0.237 e. The molecular formula is C17H28N4OS. The zero-order chi connectivity index (χ0) is 16.5. The van der Waals surface area contributed by atoms with E-state index in [0.29, 0.717) is 0 Å². The van der Waals surface area contributed by atoms with Crippen molar-refractivity contribution in [3.05, 3.63) is 23.9 Å². The fourth-order valence-corrected chi connectivity index (χ4v) is 3.75. The zero-order valence-electron chi connectivity index (χ0n) is 14.0. The van der Waals surface area contributed by atoms with Crippen molar-refractivity contribution in [2.45, 2.75) is 32.6 Å². The number of hydrogen-bond acceptors (Lipinski definition) is 5. The first kappa shape index (κ1) is 18.1. The summed E-state index contributed by atoms with van der Waals surface area (Å²) in [7, 11) is 0. The molecule has 1 aliphatic heterocycles. The van der Waals surface area contributed by atoms with Gasteiger partial charge >= 0.3 is 0 Å². The van der Waals surface area contributed by atoms with E-state index in [4.69, 9.17) is 5.73 Å². The average molecular weight is 337 g/mol. The summed E-state index contributed by atoms with van der Waals surface area (Å²) in [6.45, 7) is 4.19. The van der Waals surface area contributed by atoms with Crippen molar-refractivity contribution < 1.29 is 4.79 Å². The number of aromatic nitrogens is 1. The molecule has 1 aromatic heterocycles. The third-order valence-electron chi connectivity index (χ3n) is 4.24. The van der Waals surface area contributed by atoms with E-state index in [1.165, 1.54) is 31.2 Å². The van der Waals surface area contributed by atoms with E-state index in [0.717, 1.165) is 36.5 Å². The van der Waals surface area contributed by atoms with Crippen LogP contribution in [0.2, 0.25) is 0 Å². The van der Waals surface area contributed by atoms with Crippen LogP contribution in [0.3, 0.4) is 0 Å². The first-order valence-electron chi connectivity index (χ1n) is 8.41. The van der Waals surface area contributed by atoms with Crippen LogP contribution in [0, 0.1) is 12.8 Å². The fraction of sp³-hybridized carbons (Fsp3) is 0.647. The molecule has 1 saturated heterocycles. The summed E-state index contributed by atoms with van der Waals surface area (Å²) in [6, 6.07) is 4.16. The number of nitrogens with two attached hydrogens (primary N) is 1. The van der Waals surface area contributed by atoms with Crippen LogP contribution in [0.1, 0.15) is 31.2 Å². The second-order valence-corrected chi connectivity index (χ2v) is 7.23. The first-order chi connectivity index (χ1) is 11.2. The Morgan fingerprint density at radius 3 is 2.78 bits per heavy atom. The lowest BCUT2D eigenvalue weighted by Gasteiger charge is -2.11. The van der Waals surface area contributed by atoms with Crippen molar-refractivity contribution in [1.82, 2.24) is 9.88 Å². The van der Waals surface area contributed by atoms with Crippen molar-refractivity contribution in [3.63, 3.8) is 0 Å². The van der Waals surface area contributed by atoms with Gasteiger partial charge < -0.3 is 16.0 Å². The second kappa shape index (κ2) is 9.78. The normalized spacial score (nSPS) is 17.7. The van der Waals surface area contributed by atoms with Crippen LogP contribution in [0.25, 0.3) is 0 Å². The molecule has 2 fully saturated rings. The molecule has 1 saturated carbocycles. The number of carbonyl (C=O) groups is 1. The summed E-state index contributed by atoms with van der Waals surface area (Å²) >= 11 is 1.78. The fourth-order valence-electron chi connectivity index (χ4n) is 2.78. The maximum absolute atomic E-state index is 10.8. The van der Waals surface area contributed by atoms with Crippen LogP contribution in [-0.2, 0) is 4.79 Å². The Balaban J connectivity index is 0.000000185. The zero-order valence-corrected chi connectivity index (χ0v) is 14.8. The molecule has 0 bridgehead atoms. The molecule has 3 N–H and O–H groups in total. The molecule has 0 atom stereocenters. The van der Waals surface area contributed by atoms with Crippen LogP contribution in [0.5, 0.6) is 0 Å². The van der Waals surface area contributed by atoms with Gasteiger partial charge in [0.05, 0.1) is 12.4 Å². The molecule has 2 heterocycles. The first-order valence-corrected chi connectivity index (χ1v) is 9.56. The largest absolute Gasteiger partial charge is 0.370 e. The number of nitrogens with one attached hydrogen (secondary N) is 1. The van der Waals surface area contributed by atoms with Gasteiger partial charge in [-0.2, -0.15) is 0 Å². The molecule has 0 aromatic carbocycles. The van der Waals surface area contributed by atoms with Gasteiger partial charge in [0, 0.05) is 25.0 Å². The van der Waals surface area contributed by atoms with E-state index in [9.17, 15) is 4.79 Å². The minimum Gasteiger partial charge on any atom is -0.370 e. The Morgan fingerprint density at radius 2 is 2.22 bits per heavy atom. The standard InChI is InChI=1S/C12H18N2.C5H10N2OS/c1-10-6-7-12(13-8-10)14-9-11-4-2-3-5-11;6-3-5(8)7-1-2-9-4-7/h6-8,11H,2-5,9H2,1H3,(H,13,14);1-4,6H2. The minimum atomic E-state index is 0.0694. The Morgan fingerprint density at radius 1 is 1.43 bits per heavy atom. The van der Waals surface area contributed by atoms with E-state index >= 15 is 0 Å². The number of pyridine rings is 1. The molecule has 0 unspecified atom stereocenters. The van der Waals surface area contributed by atoms with Gasteiger partial charge in [-0.05, 0) is 37.3 Å². The van der Waals surface area contributed by atoms with Gasteiger partial charge in [0.25, 0.3) is 0 Å². The van der Waals surface area contributed by atoms with Crippen LogP contribution in [0.4, 0.5) is 5.82 Å². The highest BCUT2D eigenvalue weighted by Crippen LogP contribution is 2.24. The average Bonchev–Trinajstić information content (AvgIpc) is 3.28. The van der Waals surface area contributed by atoms with Crippen molar-refractivity contribution in [2.75, 3.05) is 36.6 Å². The Labute approximate surface area is 143 Å². The van der Waals surface area contributed by atoms with Gasteiger partial charge in [-0.1, -0.05) is 18.9 Å². The lowest BCUT2D eigenvalue weighted by molar-refractivity contribution is -0.128. The number of amides is 1. The predicted octanol–water partition coefficient (Wildman–Crippen LogP) is 2.47. The molecule has 5 nitrogen and oxygen atoms in total. The van der Waals surface area contributed by atoms with Gasteiger partial charge in [-0.25, -0.2) is 4.98 Å². The van der Waals surface area contributed by atoms with Crippen molar-refractivity contribution in [3.8, 4) is 0 Å². The summed E-state index contributed by atoms with van der Waals surface area (Å²) in [5.41, 5.74) is 6.37. The van der Waals surface area contributed by atoms with Crippen LogP contribution >= 0.6 is 11.8 Å². The van der Waals surface area contributed by atoms with Crippen molar-refractivity contribution >= 4 is 23.5 Å². The molecule has 1 aromatic rings. The van der Waals surface area contributed by atoms with Gasteiger partial charge in [-0.3, -0.25) is 4.79 Å². The van der Waals surface area contributed by atoms with Gasteiger partial charge in [0.15, 0.2) is 0 Å². The molecule has 6 heteroatoms. The third kappa shape index (κ3) is 6.39. The lowest BCUT2D eigenvalue weighted by Crippen LogP contribution is -2.33. The summed E-state index contributed by atoms with van der Waals surface area (Å²) in [5, 5.41) is 3.40. The maximum Gasteiger partial charge on any atom is 0.237 e. The highest BCUT2D eigenvalue weighted by molar-refractivity contribution is 7.99. The van der Waals surface area contributed by atoms with E-state index in [1.54, 1.807) is 16.7 Å². The van der Waals surface area contributed by atoms with Gasteiger partial charge in [-0.15, -0.1) is 11.8 Å². The number of carbonyl (C=O) groups excluding carboxylic acids is 1. The highest BCUT2D eigenvalue weighted by atomic mass is 32.2. The molecule has 23 heavy (non-hydrogen) atoms. The van der Waals surface area contributed by atoms with E-state index in [2.05, 4.69) is 29.4 Å². The Kier molecular flexibility index (Phi) is 7.68. The molecule has 1 amide bonds. The number of rotatable bonds is 4. The third-order valence-corrected chi connectivity index (χ3v) is 5.20. The molecule has 128 valence electrons. The molecule has 3 rings (SSSR count). The lowest BCUT2D eigenvalue weighted by atomic mass is 10.1.